The Kier molecular flexibility index (Phi) is 3.33. The van der Waals surface area contributed by atoms with Crippen LogP contribution in [0.25, 0.3) is 0 Å². The molecule has 0 fully saturated rings. The van der Waals surface area contributed by atoms with Crippen molar-refractivity contribution in [2.45, 2.75) is 6.54 Å². The molecule has 0 aromatic heterocycles. The Morgan fingerprint density at radius 1 is 1.23 bits per heavy atom. The minimum absolute atomic E-state index is 0.0659. The molecule has 0 aliphatic carbocycles. The molecule has 0 spiro atoms. The van der Waals surface area contributed by atoms with Crippen LogP contribution < -0.4 is 5.43 Å². The summed E-state index contributed by atoms with van der Waals surface area (Å²) in [5.41, 5.74) is 2.86. The highest BCUT2D eigenvalue weighted by Crippen LogP contribution is 2.11. The number of hydrogen-bond acceptors (Lipinski definition) is 2. The van der Waals surface area contributed by atoms with E-state index in [2.05, 4.69) is 5.43 Å². The average molecular weight is 186 g/mol. The molecule has 0 saturated carbocycles. The van der Waals surface area contributed by atoms with Crippen LogP contribution >= 0.6 is 0 Å². The van der Waals surface area contributed by atoms with E-state index in [-0.39, 0.29) is 12.1 Å². The molecule has 1 rings (SSSR count). The van der Waals surface area contributed by atoms with Crippen LogP contribution in [0.4, 0.5) is 8.78 Å². The molecule has 0 unspecified atom stereocenters. The van der Waals surface area contributed by atoms with Gasteiger partial charge >= 0.3 is 0 Å². The van der Waals surface area contributed by atoms with E-state index >= 15 is 0 Å². The zero-order valence-corrected chi connectivity index (χ0v) is 7.64. The van der Waals surface area contributed by atoms with E-state index in [1.54, 1.807) is 19.1 Å². The molecule has 0 aliphatic rings. The molecular weight excluding hydrogens is 174 g/mol. The van der Waals surface area contributed by atoms with Gasteiger partial charge in [-0.05, 0) is 12.1 Å². The van der Waals surface area contributed by atoms with E-state index in [1.807, 2.05) is 0 Å². The van der Waals surface area contributed by atoms with Crippen LogP contribution in [0.15, 0.2) is 18.2 Å². The van der Waals surface area contributed by atoms with Gasteiger partial charge in [-0.25, -0.2) is 8.78 Å². The standard InChI is InChI=1S/C9H12F2N2/c1-13(2)12-6-7-8(10)4-3-5-9(7)11/h3-5,12H,6H2,1-2H3. The van der Waals surface area contributed by atoms with Crippen molar-refractivity contribution in [3.63, 3.8) is 0 Å². The van der Waals surface area contributed by atoms with E-state index in [0.29, 0.717) is 0 Å². The number of halogens is 2. The van der Waals surface area contributed by atoms with Crippen molar-refractivity contribution in [1.82, 2.24) is 10.4 Å². The van der Waals surface area contributed by atoms with Gasteiger partial charge < -0.3 is 0 Å². The molecule has 0 heterocycles. The van der Waals surface area contributed by atoms with Crippen LogP contribution in [0.1, 0.15) is 5.56 Å². The fourth-order valence-electron chi connectivity index (χ4n) is 0.938. The van der Waals surface area contributed by atoms with Gasteiger partial charge in [-0.3, -0.25) is 10.4 Å². The number of nitrogens with zero attached hydrogens (tertiary/aromatic N) is 1. The second kappa shape index (κ2) is 4.30. The molecular formula is C9H12F2N2. The normalized spacial score (nSPS) is 10.8. The Hall–Kier alpha value is -1.00. The van der Waals surface area contributed by atoms with Gasteiger partial charge in [0.1, 0.15) is 11.6 Å². The van der Waals surface area contributed by atoms with Crippen molar-refractivity contribution in [2.24, 2.45) is 0 Å². The first-order valence-electron chi connectivity index (χ1n) is 3.95. The van der Waals surface area contributed by atoms with Crippen LogP contribution in [0.3, 0.4) is 0 Å². The van der Waals surface area contributed by atoms with Gasteiger partial charge in [0.2, 0.25) is 0 Å². The summed E-state index contributed by atoms with van der Waals surface area (Å²) in [4.78, 5) is 0. The largest absolute Gasteiger partial charge is 0.251 e. The van der Waals surface area contributed by atoms with Crippen molar-refractivity contribution >= 4 is 0 Å². The lowest BCUT2D eigenvalue weighted by atomic mass is 10.2. The van der Waals surface area contributed by atoms with Gasteiger partial charge in [0.05, 0.1) is 0 Å². The predicted octanol–water partition coefficient (Wildman–Crippen LogP) is 1.53. The molecule has 1 aromatic carbocycles. The maximum atomic E-state index is 13.0. The van der Waals surface area contributed by atoms with Gasteiger partial charge in [-0.1, -0.05) is 6.07 Å². The van der Waals surface area contributed by atoms with Gasteiger partial charge in [0, 0.05) is 26.2 Å². The fourth-order valence-corrected chi connectivity index (χ4v) is 0.938. The van der Waals surface area contributed by atoms with Crippen molar-refractivity contribution in [2.75, 3.05) is 14.1 Å². The van der Waals surface area contributed by atoms with Crippen molar-refractivity contribution in [3.05, 3.63) is 35.4 Å². The van der Waals surface area contributed by atoms with Gasteiger partial charge in [0.25, 0.3) is 0 Å². The lowest BCUT2D eigenvalue weighted by Crippen LogP contribution is -2.30. The van der Waals surface area contributed by atoms with E-state index in [9.17, 15) is 8.78 Å². The second-order valence-corrected chi connectivity index (χ2v) is 2.93. The van der Waals surface area contributed by atoms with Crippen molar-refractivity contribution in [3.8, 4) is 0 Å². The van der Waals surface area contributed by atoms with E-state index in [1.165, 1.54) is 18.2 Å². The summed E-state index contributed by atoms with van der Waals surface area (Å²) in [6.45, 7) is 0.158. The summed E-state index contributed by atoms with van der Waals surface area (Å²) in [5, 5.41) is 1.64. The Labute approximate surface area is 76.1 Å². The fraction of sp³-hybridized carbons (Fsp3) is 0.333. The topological polar surface area (TPSA) is 15.3 Å². The molecule has 2 nitrogen and oxygen atoms in total. The highest BCUT2D eigenvalue weighted by atomic mass is 19.1. The van der Waals surface area contributed by atoms with Crippen molar-refractivity contribution in [1.29, 1.82) is 0 Å². The third-order valence-electron chi connectivity index (χ3n) is 1.63. The van der Waals surface area contributed by atoms with Gasteiger partial charge in [0.15, 0.2) is 0 Å². The van der Waals surface area contributed by atoms with Gasteiger partial charge in [-0.15, -0.1) is 0 Å². The first-order chi connectivity index (χ1) is 6.11. The molecule has 0 atom stereocenters. The third kappa shape index (κ3) is 2.75. The molecule has 0 amide bonds. The maximum absolute atomic E-state index is 13.0. The Balaban J connectivity index is 2.75. The molecule has 0 aliphatic heterocycles. The van der Waals surface area contributed by atoms with Crippen LogP contribution in [-0.4, -0.2) is 19.1 Å². The van der Waals surface area contributed by atoms with E-state index in [4.69, 9.17) is 0 Å². The first-order valence-corrected chi connectivity index (χ1v) is 3.95. The summed E-state index contributed by atoms with van der Waals surface area (Å²) < 4.78 is 26.0. The van der Waals surface area contributed by atoms with E-state index < -0.39 is 11.6 Å². The summed E-state index contributed by atoms with van der Waals surface area (Å²) in [6, 6.07) is 3.84. The zero-order chi connectivity index (χ0) is 9.84. The minimum atomic E-state index is -0.519. The highest BCUT2D eigenvalue weighted by Gasteiger charge is 2.07. The lowest BCUT2D eigenvalue weighted by molar-refractivity contribution is 0.281. The number of rotatable bonds is 3. The molecule has 0 saturated heterocycles. The quantitative estimate of drug-likeness (QED) is 0.720. The summed E-state index contributed by atoms with van der Waals surface area (Å²) in [5.74, 6) is -1.04. The van der Waals surface area contributed by atoms with Crippen LogP contribution in [-0.2, 0) is 6.54 Å². The maximum Gasteiger partial charge on any atom is 0.130 e. The Bertz CT molecular complexity index is 267. The summed E-state index contributed by atoms with van der Waals surface area (Å²) >= 11 is 0. The number of benzene rings is 1. The smallest absolute Gasteiger partial charge is 0.130 e. The molecule has 0 radical (unpaired) electrons. The Morgan fingerprint density at radius 2 is 1.77 bits per heavy atom. The molecule has 4 heteroatoms. The Morgan fingerprint density at radius 3 is 2.23 bits per heavy atom. The molecule has 1 aromatic rings. The van der Waals surface area contributed by atoms with Crippen LogP contribution in [0.2, 0.25) is 0 Å². The van der Waals surface area contributed by atoms with Crippen LogP contribution in [0, 0.1) is 11.6 Å². The second-order valence-electron chi connectivity index (χ2n) is 2.93. The number of hydrazine groups is 1. The average Bonchev–Trinajstić information content (AvgIpc) is 2.03. The third-order valence-corrected chi connectivity index (χ3v) is 1.63. The molecule has 72 valence electrons. The molecule has 0 bridgehead atoms. The monoisotopic (exact) mass is 186 g/mol. The number of hydrogen-bond donors (Lipinski definition) is 1. The van der Waals surface area contributed by atoms with Gasteiger partial charge in [-0.2, -0.15) is 0 Å². The summed E-state index contributed by atoms with van der Waals surface area (Å²) in [6.07, 6.45) is 0. The lowest BCUT2D eigenvalue weighted by Gasteiger charge is -2.12. The summed E-state index contributed by atoms with van der Waals surface area (Å²) in [7, 11) is 3.53. The first kappa shape index (κ1) is 10.1. The van der Waals surface area contributed by atoms with E-state index in [0.717, 1.165) is 0 Å². The molecule has 1 N–H and O–H groups in total. The SMILES string of the molecule is CN(C)NCc1c(F)cccc1F. The van der Waals surface area contributed by atoms with Crippen molar-refractivity contribution < 1.29 is 8.78 Å². The number of nitrogens with one attached hydrogen (secondary N) is 1. The van der Waals surface area contributed by atoms with Crippen LogP contribution in [0.5, 0.6) is 0 Å². The zero-order valence-electron chi connectivity index (χ0n) is 7.64. The minimum Gasteiger partial charge on any atom is -0.251 e. The molecule has 13 heavy (non-hydrogen) atoms. The predicted molar refractivity (Wildman–Crippen MR) is 46.9 cm³/mol. The highest BCUT2D eigenvalue weighted by molar-refractivity contribution is 5.19.